The Morgan fingerprint density at radius 1 is 1.10 bits per heavy atom. The molecule has 2 aromatic heterocycles. The number of nitrogens with zero attached hydrogens (tertiary/aromatic N) is 2. The lowest BCUT2D eigenvalue weighted by Crippen LogP contribution is -3.13. The van der Waals surface area contributed by atoms with E-state index in [1.165, 1.54) is 23.2 Å². The minimum Gasteiger partial charge on any atom is -0.325 e. The molecule has 3 aromatic rings. The summed E-state index contributed by atoms with van der Waals surface area (Å²) in [5.41, 5.74) is 2.12. The summed E-state index contributed by atoms with van der Waals surface area (Å²) >= 11 is 0. The van der Waals surface area contributed by atoms with E-state index >= 15 is 0 Å². The van der Waals surface area contributed by atoms with E-state index in [9.17, 15) is 17.6 Å². The zero-order valence-electron chi connectivity index (χ0n) is 15.6. The number of quaternary nitrogens is 1. The largest absolute Gasteiger partial charge is 0.416 e. The van der Waals surface area contributed by atoms with Crippen molar-refractivity contribution in [3.63, 3.8) is 0 Å². The van der Waals surface area contributed by atoms with Crippen LogP contribution in [-0.4, -0.2) is 36.4 Å². The first-order chi connectivity index (χ1) is 13.9. The quantitative estimate of drug-likeness (QED) is 0.650. The molecule has 3 heterocycles. The van der Waals surface area contributed by atoms with E-state index < -0.39 is 11.7 Å². The Morgan fingerprint density at radius 3 is 2.52 bits per heavy atom. The van der Waals surface area contributed by atoms with Crippen LogP contribution in [0.5, 0.6) is 0 Å². The van der Waals surface area contributed by atoms with Crippen LogP contribution in [0.3, 0.4) is 0 Å². The minimum absolute atomic E-state index is 0.289. The first kappa shape index (κ1) is 19.4. The van der Waals surface area contributed by atoms with E-state index in [1.807, 2.05) is 4.90 Å². The smallest absolute Gasteiger partial charge is 0.325 e. The third-order valence-electron chi connectivity index (χ3n) is 5.22. The number of piperazine rings is 1. The highest BCUT2D eigenvalue weighted by Gasteiger charge is 2.34. The zero-order valence-corrected chi connectivity index (χ0v) is 15.6. The van der Waals surface area contributed by atoms with Crippen LogP contribution in [0.1, 0.15) is 11.1 Å². The van der Waals surface area contributed by atoms with Crippen LogP contribution < -0.4 is 14.8 Å². The van der Waals surface area contributed by atoms with Crippen LogP contribution in [0, 0.1) is 5.82 Å². The van der Waals surface area contributed by atoms with Gasteiger partial charge in [-0.15, -0.1) is 0 Å². The van der Waals surface area contributed by atoms with Crippen LogP contribution >= 0.6 is 0 Å². The van der Waals surface area contributed by atoms with Gasteiger partial charge in [0.1, 0.15) is 38.5 Å². The molecule has 1 aliphatic heterocycles. The lowest BCUT2D eigenvalue weighted by Gasteiger charge is -2.28. The summed E-state index contributed by atoms with van der Waals surface area (Å²) in [5, 5.41) is 7.11. The normalized spacial score (nSPS) is 15.7. The van der Waals surface area contributed by atoms with E-state index in [2.05, 4.69) is 15.2 Å². The maximum Gasteiger partial charge on any atom is 0.416 e. The van der Waals surface area contributed by atoms with Gasteiger partial charge in [-0.05, 0) is 30.3 Å². The average molecular weight is 407 g/mol. The van der Waals surface area contributed by atoms with Gasteiger partial charge in [0.15, 0.2) is 0 Å². The molecule has 5 nitrogen and oxygen atoms in total. The highest BCUT2D eigenvalue weighted by Crippen LogP contribution is 2.30. The maximum atomic E-state index is 13.2. The molecule has 0 unspecified atom stereocenters. The Balaban J connectivity index is 1.40. The number of aromatic amines is 2. The fourth-order valence-corrected chi connectivity index (χ4v) is 3.63. The van der Waals surface area contributed by atoms with E-state index in [0.717, 1.165) is 48.6 Å². The molecule has 0 spiro atoms. The molecule has 29 heavy (non-hydrogen) atoms. The number of H-pyrrole nitrogens is 2. The maximum absolute atomic E-state index is 13.2. The number of rotatable bonds is 4. The zero-order chi connectivity index (χ0) is 20.4. The van der Waals surface area contributed by atoms with Crippen molar-refractivity contribution in [2.45, 2.75) is 12.7 Å². The molecule has 3 N–H and O–H groups in total. The van der Waals surface area contributed by atoms with Gasteiger partial charge >= 0.3 is 6.18 Å². The number of alkyl halides is 3. The van der Waals surface area contributed by atoms with Gasteiger partial charge in [-0.3, -0.25) is 10.00 Å². The van der Waals surface area contributed by atoms with Gasteiger partial charge < -0.3 is 4.90 Å². The molecule has 1 aliphatic rings. The molecule has 9 heteroatoms. The van der Waals surface area contributed by atoms with Crippen molar-refractivity contribution in [2.75, 3.05) is 31.1 Å². The Bertz CT molecular complexity index is 960. The summed E-state index contributed by atoms with van der Waals surface area (Å²) in [6, 6.07) is 8.45. The Kier molecular flexibility index (Phi) is 5.23. The average Bonchev–Trinajstić information content (AvgIpc) is 3.17. The first-order valence-electron chi connectivity index (χ1n) is 9.36. The summed E-state index contributed by atoms with van der Waals surface area (Å²) in [6.07, 6.45) is -1.24. The number of nitrogens with one attached hydrogen (secondary N) is 3. The third-order valence-corrected chi connectivity index (χ3v) is 5.22. The highest BCUT2D eigenvalue weighted by atomic mass is 19.4. The van der Waals surface area contributed by atoms with Gasteiger partial charge in [-0.25, -0.2) is 9.37 Å². The molecule has 4 rings (SSSR count). The first-order valence-corrected chi connectivity index (χ1v) is 9.36. The van der Waals surface area contributed by atoms with E-state index in [-0.39, 0.29) is 5.82 Å². The summed E-state index contributed by atoms with van der Waals surface area (Å²) < 4.78 is 52.0. The summed E-state index contributed by atoms with van der Waals surface area (Å²) in [4.78, 5) is 6.17. The lowest BCUT2D eigenvalue weighted by atomic mass is 10.1. The molecule has 0 amide bonds. The molecule has 0 atom stereocenters. The number of benzene rings is 1. The van der Waals surface area contributed by atoms with Crippen molar-refractivity contribution in [1.82, 2.24) is 10.2 Å². The highest BCUT2D eigenvalue weighted by molar-refractivity contribution is 5.62. The molecule has 1 aromatic carbocycles. The van der Waals surface area contributed by atoms with E-state index in [1.54, 1.807) is 18.3 Å². The number of aromatic nitrogens is 3. The van der Waals surface area contributed by atoms with Crippen molar-refractivity contribution in [3.05, 3.63) is 65.7 Å². The van der Waals surface area contributed by atoms with Gasteiger partial charge in [-0.1, -0.05) is 0 Å². The Morgan fingerprint density at radius 2 is 1.83 bits per heavy atom. The van der Waals surface area contributed by atoms with Crippen LogP contribution in [0.25, 0.3) is 11.3 Å². The third kappa shape index (κ3) is 4.40. The molecular formula is C20H21F4N5+2. The fourth-order valence-electron chi connectivity index (χ4n) is 3.63. The van der Waals surface area contributed by atoms with Crippen LogP contribution in [0.15, 0.2) is 48.8 Å². The fraction of sp³-hybridized carbons (Fsp3) is 0.300. The van der Waals surface area contributed by atoms with Crippen LogP contribution in [-0.2, 0) is 12.7 Å². The van der Waals surface area contributed by atoms with E-state index in [4.69, 9.17) is 0 Å². The summed E-state index contributed by atoms with van der Waals surface area (Å²) in [7, 11) is 0. The van der Waals surface area contributed by atoms with Gasteiger partial charge in [0.05, 0.1) is 29.2 Å². The molecule has 0 bridgehead atoms. The molecule has 1 saturated heterocycles. The number of halogens is 4. The number of hydrogen-bond acceptors (Lipinski definition) is 2. The summed E-state index contributed by atoms with van der Waals surface area (Å²) in [6.45, 7) is 3.62. The van der Waals surface area contributed by atoms with Crippen molar-refractivity contribution >= 4 is 5.82 Å². The second-order valence-electron chi connectivity index (χ2n) is 7.15. The molecule has 0 aliphatic carbocycles. The topological polar surface area (TPSA) is 50.5 Å². The van der Waals surface area contributed by atoms with Crippen molar-refractivity contribution in [3.8, 4) is 11.3 Å². The van der Waals surface area contributed by atoms with Crippen LogP contribution in [0.4, 0.5) is 23.4 Å². The van der Waals surface area contributed by atoms with Gasteiger partial charge in [0, 0.05) is 11.6 Å². The van der Waals surface area contributed by atoms with Crippen LogP contribution in [0.2, 0.25) is 0 Å². The summed E-state index contributed by atoms with van der Waals surface area (Å²) in [5.74, 6) is 0.192. The molecule has 0 saturated carbocycles. The lowest BCUT2D eigenvalue weighted by molar-refractivity contribution is -0.914. The molecule has 1 fully saturated rings. The number of pyridine rings is 1. The second kappa shape index (κ2) is 7.82. The minimum atomic E-state index is -4.35. The predicted molar refractivity (Wildman–Crippen MR) is 98.6 cm³/mol. The van der Waals surface area contributed by atoms with Crippen molar-refractivity contribution < 1.29 is 27.4 Å². The standard InChI is InChI=1S/C20H19F4N5/c21-17-3-1-14(2-4-17)19-15(12-26-27-19)13-28-7-9-29(10-8-28)18-11-16(5-6-25-18)20(22,23)24/h1-6,11-12H,7-10,13H2,(H,26,27)/p+2. The molecular weight excluding hydrogens is 386 g/mol. The van der Waals surface area contributed by atoms with E-state index in [0.29, 0.717) is 18.9 Å². The second-order valence-corrected chi connectivity index (χ2v) is 7.15. The molecule has 0 radical (unpaired) electrons. The SMILES string of the molecule is Fc1ccc(-c2[nH]ncc2C[NH+]2CCN(c3cc(C(F)(F)F)cc[nH+]3)CC2)cc1. The number of hydrogen-bond donors (Lipinski definition) is 2. The van der Waals surface area contributed by atoms with Gasteiger partial charge in [0.25, 0.3) is 5.82 Å². The predicted octanol–water partition coefficient (Wildman–Crippen LogP) is 1.95. The monoisotopic (exact) mass is 407 g/mol. The van der Waals surface area contributed by atoms with Gasteiger partial charge in [0.2, 0.25) is 0 Å². The van der Waals surface area contributed by atoms with Crippen molar-refractivity contribution in [2.24, 2.45) is 0 Å². The Labute approximate surface area is 165 Å². The molecule has 152 valence electrons. The number of anilines is 1. The Hall–Kier alpha value is -2.94. The van der Waals surface area contributed by atoms with Crippen molar-refractivity contribution in [1.29, 1.82) is 0 Å². The van der Waals surface area contributed by atoms with Gasteiger partial charge in [-0.2, -0.15) is 18.3 Å².